The number of thioether (sulfide) groups is 1. The average Bonchev–Trinajstić information content (AvgIpc) is 2.42. The number of sulfonamides is 1. The van der Waals surface area contributed by atoms with Gasteiger partial charge in [0.05, 0.1) is 11.9 Å². The van der Waals surface area contributed by atoms with Gasteiger partial charge in [0.15, 0.2) is 0 Å². The van der Waals surface area contributed by atoms with Crippen molar-refractivity contribution in [3.8, 4) is 0 Å². The molecule has 0 aliphatic rings. The summed E-state index contributed by atoms with van der Waals surface area (Å²) in [6.45, 7) is 9.15. The maximum Gasteiger partial charge on any atom is 0.251 e. The minimum absolute atomic E-state index is 0.145. The van der Waals surface area contributed by atoms with E-state index in [0.717, 1.165) is 5.75 Å². The van der Waals surface area contributed by atoms with E-state index < -0.39 is 10.0 Å². The zero-order valence-electron chi connectivity index (χ0n) is 14.4. The number of benzene rings is 1. The monoisotopic (exact) mass is 358 g/mol. The van der Waals surface area contributed by atoms with Crippen molar-refractivity contribution < 1.29 is 13.2 Å². The molecular weight excluding hydrogens is 332 g/mol. The van der Waals surface area contributed by atoms with Gasteiger partial charge in [0.1, 0.15) is 0 Å². The molecule has 0 radical (unpaired) electrons. The molecule has 1 aromatic carbocycles. The molecule has 7 heteroatoms. The normalized spacial score (nSPS) is 12.0. The summed E-state index contributed by atoms with van der Waals surface area (Å²) in [6, 6.07) is 6.61. The molecule has 1 N–H and O–H groups in total. The number of nitrogens with zero attached hydrogens (tertiary/aromatic N) is 1. The molecule has 1 rings (SSSR count). The number of hydrogen-bond donors (Lipinski definition) is 1. The molecule has 5 nitrogen and oxygen atoms in total. The standard InChI is InChI=1S/C16H26N2O3S2/c1-6-18(23(5,20)21)14-9-7-13(8-10-14)15(19)17-11-12-22-16(2,3)4/h7-10H,6,11-12H2,1-5H3,(H,17,19). The van der Waals surface area contributed by atoms with Crippen LogP contribution in [-0.4, -0.2) is 44.2 Å². The lowest BCUT2D eigenvalue weighted by molar-refractivity contribution is 0.0956. The minimum Gasteiger partial charge on any atom is -0.351 e. The fourth-order valence-electron chi connectivity index (χ4n) is 2.01. The Labute approximate surface area is 143 Å². The van der Waals surface area contributed by atoms with E-state index >= 15 is 0 Å². The number of anilines is 1. The molecule has 1 amide bonds. The Balaban J connectivity index is 2.64. The van der Waals surface area contributed by atoms with E-state index in [0.29, 0.717) is 24.3 Å². The second-order valence-electron chi connectivity index (χ2n) is 6.19. The van der Waals surface area contributed by atoms with Crippen LogP contribution < -0.4 is 9.62 Å². The molecule has 0 aliphatic carbocycles. The molecule has 1 aromatic rings. The van der Waals surface area contributed by atoms with Gasteiger partial charge in [-0.25, -0.2) is 8.42 Å². The van der Waals surface area contributed by atoms with Crippen LogP contribution in [0.1, 0.15) is 38.1 Å². The van der Waals surface area contributed by atoms with Gasteiger partial charge in [-0.3, -0.25) is 9.10 Å². The average molecular weight is 359 g/mol. The molecule has 0 spiro atoms. The third kappa shape index (κ3) is 6.83. The summed E-state index contributed by atoms with van der Waals surface area (Å²) in [5.41, 5.74) is 1.09. The van der Waals surface area contributed by atoms with Crippen molar-refractivity contribution in [1.82, 2.24) is 5.32 Å². The second-order valence-corrected chi connectivity index (χ2v) is 10.0. The van der Waals surface area contributed by atoms with E-state index in [-0.39, 0.29) is 10.7 Å². The summed E-state index contributed by atoms with van der Waals surface area (Å²) in [6.07, 6.45) is 1.17. The first-order valence-electron chi connectivity index (χ1n) is 7.54. The predicted octanol–water partition coefficient (Wildman–Crippen LogP) is 2.73. The lowest BCUT2D eigenvalue weighted by atomic mass is 10.2. The van der Waals surface area contributed by atoms with Crippen LogP contribution in [0.3, 0.4) is 0 Å². The van der Waals surface area contributed by atoms with Crippen LogP contribution in [0.4, 0.5) is 5.69 Å². The third-order valence-corrected chi connectivity index (χ3v) is 5.57. The van der Waals surface area contributed by atoms with E-state index in [1.165, 1.54) is 10.6 Å². The van der Waals surface area contributed by atoms with Gasteiger partial charge in [-0.15, -0.1) is 0 Å². The summed E-state index contributed by atoms with van der Waals surface area (Å²) in [5, 5.41) is 2.87. The molecule has 0 heterocycles. The van der Waals surface area contributed by atoms with Crippen molar-refractivity contribution in [1.29, 1.82) is 0 Å². The molecular formula is C16H26N2O3S2. The van der Waals surface area contributed by atoms with Crippen molar-refractivity contribution in [3.05, 3.63) is 29.8 Å². The molecule has 0 aliphatic heterocycles. The Bertz CT molecular complexity index is 620. The predicted molar refractivity (Wildman–Crippen MR) is 98.9 cm³/mol. The second kappa shape index (κ2) is 8.06. The van der Waals surface area contributed by atoms with E-state index in [1.54, 1.807) is 43.0 Å². The molecule has 0 atom stereocenters. The highest BCUT2D eigenvalue weighted by Gasteiger charge is 2.16. The lowest BCUT2D eigenvalue weighted by Crippen LogP contribution is -2.30. The summed E-state index contributed by atoms with van der Waals surface area (Å²) in [7, 11) is -3.30. The highest BCUT2D eigenvalue weighted by molar-refractivity contribution is 8.00. The highest BCUT2D eigenvalue weighted by Crippen LogP contribution is 2.22. The smallest absolute Gasteiger partial charge is 0.251 e. The first-order chi connectivity index (χ1) is 10.5. The number of amides is 1. The van der Waals surface area contributed by atoms with Crippen LogP contribution >= 0.6 is 11.8 Å². The summed E-state index contributed by atoms with van der Waals surface area (Å²) in [4.78, 5) is 12.1. The summed E-state index contributed by atoms with van der Waals surface area (Å²) in [5.74, 6) is 0.707. The van der Waals surface area contributed by atoms with Crippen LogP contribution in [0.25, 0.3) is 0 Å². The molecule has 0 aromatic heterocycles. The van der Waals surface area contributed by atoms with Gasteiger partial charge in [0.2, 0.25) is 10.0 Å². The maximum atomic E-state index is 12.1. The van der Waals surface area contributed by atoms with Crippen molar-refractivity contribution in [3.63, 3.8) is 0 Å². The van der Waals surface area contributed by atoms with Crippen molar-refractivity contribution in [2.45, 2.75) is 32.4 Å². The first-order valence-corrected chi connectivity index (χ1v) is 10.4. The molecule has 0 unspecified atom stereocenters. The maximum absolute atomic E-state index is 12.1. The Morgan fingerprint density at radius 2 is 1.78 bits per heavy atom. The zero-order chi connectivity index (χ0) is 17.7. The Morgan fingerprint density at radius 1 is 1.22 bits per heavy atom. The van der Waals surface area contributed by atoms with Gasteiger partial charge in [0.25, 0.3) is 5.91 Å². The third-order valence-electron chi connectivity index (χ3n) is 3.03. The van der Waals surface area contributed by atoms with Crippen LogP contribution in [0.5, 0.6) is 0 Å². The zero-order valence-corrected chi connectivity index (χ0v) is 16.1. The lowest BCUT2D eigenvalue weighted by Gasteiger charge is -2.20. The topological polar surface area (TPSA) is 66.5 Å². The van der Waals surface area contributed by atoms with Crippen molar-refractivity contribution >= 4 is 33.4 Å². The van der Waals surface area contributed by atoms with Crippen LogP contribution in [0.2, 0.25) is 0 Å². The SMILES string of the molecule is CCN(c1ccc(C(=O)NCCSC(C)(C)C)cc1)S(C)(=O)=O. The number of hydrogen-bond acceptors (Lipinski definition) is 4. The Kier molecular flexibility index (Phi) is 6.95. The Morgan fingerprint density at radius 3 is 2.22 bits per heavy atom. The van der Waals surface area contributed by atoms with Crippen LogP contribution in [0, 0.1) is 0 Å². The van der Waals surface area contributed by atoms with E-state index in [2.05, 4.69) is 26.1 Å². The fraction of sp³-hybridized carbons (Fsp3) is 0.562. The minimum atomic E-state index is -3.30. The largest absolute Gasteiger partial charge is 0.351 e. The number of carbonyl (C=O) groups excluding carboxylic acids is 1. The quantitative estimate of drug-likeness (QED) is 0.761. The van der Waals surface area contributed by atoms with Gasteiger partial charge in [-0.05, 0) is 31.2 Å². The van der Waals surface area contributed by atoms with Gasteiger partial charge in [0, 0.05) is 29.2 Å². The van der Waals surface area contributed by atoms with E-state index in [9.17, 15) is 13.2 Å². The van der Waals surface area contributed by atoms with E-state index in [1.807, 2.05) is 0 Å². The summed E-state index contributed by atoms with van der Waals surface area (Å²) >= 11 is 1.79. The number of nitrogens with one attached hydrogen (secondary N) is 1. The molecule has 0 fully saturated rings. The van der Waals surface area contributed by atoms with Crippen molar-refractivity contribution in [2.24, 2.45) is 0 Å². The Hall–Kier alpha value is -1.21. The summed E-state index contributed by atoms with van der Waals surface area (Å²) < 4.78 is 24.8. The van der Waals surface area contributed by atoms with Gasteiger partial charge in [-0.2, -0.15) is 11.8 Å². The first kappa shape index (κ1) is 19.8. The molecule has 0 bridgehead atoms. The van der Waals surface area contributed by atoms with Gasteiger partial charge in [-0.1, -0.05) is 20.8 Å². The van der Waals surface area contributed by atoms with Crippen LogP contribution in [-0.2, 0) is 10.0 Å². The van der Waals surface area contributed by atoms with Gasteiger partial charge >= 0.3 is 0 Å². The molecule has 0 saturated heterocycles. The fourth-order valence-corrected chi connectivity index (χ4v) is 3.80. The van der Waals surface area contributed by atoms with Gasteiger partial charge < -0.3 is 5.32 Å². The van der Waals surface area contributed by atoms with Crippen molar-refractivity contribution in [2.75, 3.05) is 29.4 Å². The molecule has 23 heavy (non-hydrogen) atoms. The number of carbonyl (C=O) groups is 1. The highest BCUT2D eigenvalue weighted by atomic mass is 32.2. The van der Waals surface area contributed by atoms with Crippen LogP contribution in [0.15, 0.2) is 24.3 Å². The number of rotatable bonds is 7. The molecule has 130 valence electrons. The molecule has 0 saturated carbocycles. The van der Waals surface area contributed by atoms with E-state index in [4.69, 9.17) is 0 Å².